The maximum absolute atomic E-state index is 8.50. The molecule has 1 aliphatic heterocycles. The highest BCUT2D eigenvalue weighted by atomic mass is 16.3. The molecular weight excluding hydrogens is 106 g/mol. The Labute approximate surface area is 49.0 Å². The van der Waals surface area contributed by atoms with Crippen LogP contribution in [0.15, 0.2) is 0 Å². The zero-order valence-corrected chi connectivity index (χ0v) is 4.85. The van der Waals surface area contributed by atoms with Gasteiger partial charge in [0.15, 0.2) is 0 Å². The van der Waals surface area contributed by atoms with Crippen molar-refractivity contribution in [3.05, 3.63) is 0 Å². The second-order valence-electron chi connectivity index (χ2n) is 1.98. The molecule has 0 saturated carbocycles. The standard InChI is InChI=1S/C5H11NO.H2O/c7-4-5-2-1-3-6-5;/h5-7H,1-4H2;1H2/t5-;/m0./s1. The van der Waals surface area contributed by atoms with Crippen molar-refractivity contribution in [2.75, 3.05) is 13.2 Å². The molecule has 0 bridgehead atoms. The van der Waals surface area contributed by atoms with Crippen molar-refractivity contribution in [3.8, 4) is 0 Å². The van der Waals surface area contributed by atoms with Gasteiger partial charge >= 0.3 is 0 Å². The van der Waals surface area contributed by atoms with E-state index >= 15 is 0 Å². The first-order valence-corrected chi connectivity index (χ1v) is 2.77. The van der Waals surface area contributed by atoms with Gasteiger partial charge in [-0.3, -0.25) is 0 Å². The average molecular weight is 119 g/mol. The minimum atomic E-state index is 0. The van der Waals surface area contributed by atoms with Crippen molar-refractivity contribution in [1.29, 1.82) is 0 Å². The molecule has 1 fully saturated rings. The van der Waals surface area contributed by atoms with Crippen LogP contribution in [-0.4, -0.2) is 29.8 Å². The molecule has 3 heteroatoms. The first kappa shape index (κ1) is 7.88. The largest absolute Gasteiger partial charge is 0.412 e. The lowest BCUT2D eigenvalue weighted by atomic mass is 10.2. The Kier molecular flexibility index (Phi) is 3.77. The quantitative estimate of drug-likeness (QED) is 0.460. The van der Waals surface area contributed by atoms with E-state index in [0.29, 0.717) is 12.6 Å². The molecular formula is C5H13NO2. The fourth-order valence-electron chi connectivity index (χ4n) is 0.913. The van der Waals surface area contributed by atoms with Crippen molar-refractivity contribution in [3.63, 3.8) is 0 Å². The lowest BCUT2D eigenvalue weighted by molar-refractivity contribution is 0.255. The Hall–Kier alpha value is -0.120. The smallest absolute Gasteiger partial charge is 0.0584 e. The van der Waals surface area contributed by atoms with Crippen LogP contribution in [0.5, 0.6) is 0 Å². The summed E-state index contributed by atoms with van der Waals surface area (Å²) in [6.45, 7) is 1.39. The summed E-state index contributed by atoms with van der Waals surface area (Å²) in [6.07, 6.45) is 2.38. The number of rotatable bonds is 1. The molecule has 1 heterocycles. The fraction of sp³-hybridized carbons (Fsp3) is 1.00. The van der Waals surface area contributed by atoms with Crippen molar-refractivity contribution in [1.82, 2.24) is 5.32 Å². The van der Waals surface area contributed by atoms with Crippen LogP contribution in [0.25, 0.3) is 0 Å². The van der Waals surface area contributed by atoms with Crippen LogP contribution in [-0.2, 0) is 0 Å². The van der Waals surface area contributed by atoms with Gasteiger partial charge in [0, 0.05) is 6.04 Å². The summed E-state index contributed by atoms with van der Waals surface area (Å²) in [5.74, 6) is 0. The lowest BCUT2D eigenvalue weighted by Gasteiger charge is -2.01. The van der Waals surface area contributed by atoms with E-state index in [4.69, 9.17) is 5.11 Å². The van der Waals surface area contributed by atoms with Crippen LogP contribution in [0, 0.1) is 0 Å². The van der Waals surface area contributed by atoms with Gasteiger partial charge in [-0.1, -0.05) is 0 Å². The summed E-state index contributed by atoms with van der Waals surface area (Å²) in [5, 5.41) is 11.7. The van der Waals surface area contributed by atoms with Gasteiger partial charge in [-0.2, -0.15) is 0 Å². The van der Waals surface area contributed by atoms with Gasteiger partial charge in [0.2, 0.25) is 0 Å². The summed E-state index contributed by atoms with van der Waals surface area (Å²) < 4.78 is 0. The summed E-state index contributed by atoms with van der Waals surface area (Å²) in [6, 6.07) is 0.403. The molecule has 3 nitrogen and oxygen atoms in total. The molecule has 1 saturated heterocycles. The van der Waals surface area contributed by atoms with E-state index in [0.717, 1.165) is 13.0 Å². The minimum absolute atomic E-state index is 0. The Balaban J connectivity index is 0.000000490. The van der Waals surface area contributed by atoms with Crippen LogP contribution in [0.4, 0.5) is 0 Å². The number of hydrogen-bond acceptors (Lipinski definition) is 2. The highest BCUT2D eigenvalue weighted by molar-refractivity contribution is 4.71. The Morgan fingerprint density at radius 2 is 2.38 bits per heavy atom. The fourth-order valence-corrected chi connectivity index (χ4v) is 0.913. The monoisotopic (exact) mass is 119 g/mol. The Morgan fingerprint density at radius 1 is 1.62 bits per heavy atom. The van der Waals surface area contributed by atoms with E-state index in [-0.39, 0.29) is 5.48 Å². The number of hydrogen-bond donors (Lipinski definition) is 2. The predicted molar refractivity (Wildman–Crippen MR) is 31.7 cm³/mol. The molecule has 0 spiro atoms. The van der Waals surface area contributed by atoms with Gasteiger partial charge in [-0.15, -0.1) is 0 Å². The lowest BCUT2D eigenvalue weighted by Crippen LogP contribution is -2.24. The van der Waals surface area contributed by atoms with Gasteiger partial charge in [-0.25, -0.2) is 0 Å². The molecule has 0 unspecified atom stereocenters. The van der Waals surface area contributed by atoms with Crippen molar-refractivity contribution >= 4 is 0 Å². The van der Waals surface area contributed by atoms with Gasteiger partial charge in [0.25, 0.3) is 0 Å². The Bertz CT molecular complexity index is 52.4. The number of nitrogens with one attached hydrogen (secondary N) is 1. The van der Waals surface area contributed by atoms with Gasteiger partial charge in [0.1, 0.15) is 0 Å². The molecule has 1 aliphatic rings. The van der Waals surface area contributed by atoms with Gasteiger partial charge in [-0.05, 0) is 19.4 Å². The van der Waals surface area contributed by atoms with Gasteiger partial charge < -0.3 is 15.9 Å². The first-order chi connectivity index (χ1) is 3.43. The van der Waals surface area contributed by atoms with Crippen molar-refractivity contribution in [2.24, 2.45) is 0 Å². The van der Waals surface area contributed by atoms with Crippen LogP contribution in [0.3, 0.4) is 0 Å². The molecule has 0 aromatic rings. The van der Waals surface area contributed by atoms with E-state index in [1.54, 1.807) is 0 Å². The van der Waals surface area contributed by atoms with Crippen molar-refractivity contribution in [2.45, 2.75) is 18.9 Å². The maximum Gasteiger partial charge on any atom is 0.0584 e. The molecule has 8 heavy (non-hydrogen) atoms. The van der Waals surface area contributed by atoms with Crippen LogP contribution in [0.2, 0.25) is 0 Å². The highest BCUT2D eigenvalue weighted by Gasteiger charge is 2.10. The second kappa shape index (κ2) is 3.83. The second-order valence-corrected chi connectivity index (χ2v) is 1.98. The molecule has 50 valence electrons. The summed E-state index contributed by atoms with van der Waals surface area (Å²) >= 11 is 0. The third-order valence-corrected chi connectivity index (χ3v) is 1.38. The van der Waals surface area contributed by atoms with E-state index < -0.39 is 0 Å². The first-order valence-electron chi connectivity index (χ1n) is 2.77. The SMILES string of the molecule is O.OC[C@@H]1CCCN1. The average Bonchev–Trinajstić information content (AvgIpc) is 2.14. The van der Waals surface area contributed by atoms with Crippen molar-refractivity contribution < 1.29 is 10.6 Å². The van der Waals surface area contributed by atoms with E-state index in [9.17, 15) is 0 Å². The zero-order chi connectivity index (χ0) is 5.11. The molecule has 0 radical (unpaired) electrons. The molecule has 0 aliphatic carbocycles. The predicted octanol–water partition coefficient (Wildman–Crippen LogP) is -1.09. The molecule has 0 aromatic carbocycles. The highest BCUT2D eigenvalue weighted by Crippen LogP contribution is 2.02. The van der Waals surface area contributed by atoms with Crippen LogP contribution < -0.4 is 5.32 Å². The zero-order valence-electron chi connectivity index (χ0n) is 4.85. The summed E-state index contributed by atoms with van der Waals surface area (Å²) in [4.78, 5) is 0. The normalized spacial score (nSPS) is 27.4. The minimum Gasteiger partial charge on any atom is -0.412 e. The Morgan fingerprint density at radius 3 is 2.62 bits per heavy atom. The molecule has 1 rings (SSSR count). The molecule has 4 N–H and O–H groups in total. The van der Waals surface area contributed by atoms with Crippen LogP contribution in [0.1, 0.15) is 12.8 Å². The summed E-state index contributed by atoms with van der Waals surface area (Å²) in [5.41, 5.74) is 0. The number of aliphatic hydroxyl groups is 1. The van der Waals surface area contributed by atoms with E-state index in [2.05, 4.69) is 5.32 Å². The topological polar surface area (TPSA) is 63.8 Å². The third-order valence-electron chi connectivity index (χ3n) is 1.38. The summed E-state index contributed by atoms with van der Waals surface area (Å²) in [7, 11) is 0. The number of aliphatic hydroxyl groups excluding tert-OH is 1. The maximum atomic E-state index is 8.50. The van der Waals surface area contributed by atoms with Gasteiger partial charge in [0.05, 0.1) is 6.61 Å². The van der Waals surface area contributed by atoms with E-state index in [1.807, 2.05) is 0 Å². The molecule has 1 atom stereocenters. The van der Waals surface area contributed by atoms with Crippen LogP contribution >= 0.6 is 0 Å². The van der Waals surface area contributed by atoms with E-state index in [1.165, 1.54) is 6.42 Å². The molecule has 0 amide bonds. The third kappa shape index (κ3) is 1.78. The molecule has 0 aromatic heterocycles.